The van der Waals surface area contributed by atoms with Crippen LogP contribution in [0.5, 0.6) is 0 Å². The number of hydrogen-bond acceptors (Lipinski definition) is 4. The summed E-state index contributed by atoms with van der Waals surface area (Å²) in [6.45, 7) is 4.82. The summed E-state index contributed by atoms with van der Waals surface area (Å²) in [7, 11) is 1.86. The number of ether oxygens (including phenoxy) is 3. The monoisotopic (exact) mass is 774 g/mol. The molecule has 1 aromatic carbocycles. The summed E-state index contributed by atoms with van der Waals surface area (Å²) in [6.07, 6.45) is 52.3. The van der Waals surface area contributed by atoms with E-state index in [0.29, 0.717) is 6.61 Å². The van der Waals surface area contributed by atoms with Gasteiger partial charge in [-0.15, -0.1) is 0 Å². The number of amides is 1. The maximum Gasteiger partial charge on any atom is 0.410 e. The molecule has 0 aromatic heterocycles. The van der Waals surface area contributed by atoms with Crippen LogP contribution in [0.3, 0.4) is 0 Å². The summed E-state index contributed by atoms with van der Waals surface area (Å²) in [5.41, 5.74) is 1.00. The lowest BCUT2D eigenvalue weighted by molar-refractivity contribution is -0.192. The molecule has 1 saturated carbocycles. The lowest BCUT2D eigenvalue weighted by Gasteiger charge is -2.31. The van der Waals surface area contributed by atoms with Crippen LogP contribution in [0.2, 0.25) is 0 Å². The summed E-state index contributed by atoms with van der Waals surface area (Å²) in [5, 5.41) is 0. The molecule has 3 atom stereocenters. The predicted molar refractivity (Wildman–Crippen MR) is 238 cm³/mol. The Labute approximate surface area is 344 Å². The van der Waals surface area contributed by atoms with Gasteiger partial charge in [0.05, 0.1) is 12.2 Å². The van der Waals surface area contributed by atoms with Gasteiger partial charge in [0.2, 0.25) is 0 Å². The van der Waals surface area contributed by atoms with E-state index < -0.39 is 5.79 Å². The quantitative estimate of drug-likeness (QED) is 0.0527. The second kappa shape index (κ2) is 31.4. The van der Waals surface area contributed by atoms with E-state index in [-0.39, 0.29) is 24.3 Å². The van der Waals surface area contributed by atoms with Gasteiger partial charge in [0.25, 0.3) is 0 Å². The average molecular weight is 774 g/mol. The Morgan fingerprint density at radius 2 is 1.02 bits per heavy atom. The van der Waals surface area contributed by atoms with Gasteiger partial charge < -0.3 is 19.1 Å². The maximum absolute atomic E-state index is 12.9. The Balaban J connectivity index is 1.33. The Kier molecular flexibility index (Phi) is 26.7. The Bertz CT molecular complexity index is 1160. The second-order valence-corrected chi connectivity index (χ2v) is 16.7. The van der Waals surface area contributed by atoms with Crippen molar-refractivity contribution in [3.63, 3.8) is 0 Å². The molecular weight excluding hydrogens is 691 g/mol. The van der Waals surface area contributed by atoms with Crippen LogP contribution in [0, 0.1) is 0 Å². The number of rotatable bonds is 33. The van der Waals surface area contributed by atoms with Gasteiger partial charge in [0, 0.05) is 25.9 Å². The Morgan fingerprint density at radius 1 is 0.607 bits per heavy atom. The molecule has 0 radical (unpaired) electrons. The third-order valence-electron chi connectivity index (χ3n) is 11.7. The first-order valence-electron chi connectivity index (χ1n) is 23.5. The minimum atomic E-state index is -0.461. The van der Waals surface area contributed by atoms with Crippen LogP contribution in [0.25, 0.3) is 0 Å². The molecule has 56 heavy (non-hydrogen) atoms. The third-order valence-corrected chi connectivity index (χ3v) is 11.7. The highest BCUT2D eigenvalue weighted by atomic mass is 16.8. The normalized spacial score (nSPS) is 19.3. The van der Waals surface area contributed by atoms with Crippen LogP contribution >= 0.6 is 0 Å². The fourth-order valence-electron chi connectivity index (χ4n) is 8.18. The molecule has 0 spiro atoms. The summed E-state index contributed by atoms with van der Waals surface area (Å²) in [4.78, 5) is 14.7. The molecule has 5 nitrogen and oxygen atoms in total. The van der Waals surface area contributed by atoms with Gasteiger partial charge >= 0.3 is 6.09 Å². The number of allylic oxidation sites excluding steroid dienone is 8. The summed E-state index contributed by atoms with van der Waals surface area (Å²) < 4.78 is 19.4. The highest BCUT2D eigenvalue weighted by Crippen LogP contribution is 2.45. The molecule has 3 rings (SSSR count). The predicted octanol–water partition coefficient (Wildman–Crippen LogP) is 15.3. The molecule has 0 bridgehead atoms. The summed E-state index contributed by atoms with van der Waals surface area (Å²) in [5.74, 6) is -0.461. The van der Waals surface area contributed by atoms with Gasteiger partial charge in [-0.05, 0) is 95.5 Å². The van der Waals surface area contributed by atoms with Crippen molar-refractivity contribution in [2.24, 2.45) is 0 Å². The van der Waals surface area contributed by atoms with E-state index in [9.17, 15) is 4.79 Å². The molecule has 2 fully saturated rings. The number of nitrogens with zero attached hydrogens (tertiary/aromatic N) is 1. The van der Waals surface area contributed by atoms with Crippen molar-refractivity contribution < 1.29 is 19.0 Å². The summed E-state index contributed by atoms with van der Waals surface area (Å²) in [6, 6.07) is 9.96. The first-order valence-corrected chi connectivity index (χ1v) is 23.5. The third kappa shape index (κ3) is 21.2. The lowest BCUT2D eigenvalue weighted by Crippen LogP contribution is -2.38. The molecule has 1 aliphatic heterocycles. The van der Waals surface area contributed by atoms with Gasteiger partial charge in [0.15, 0.2) is 5.79 Å². The van der Waals surface area contributed by atoms with Crippen molar-refractivity contribution in [1.82, 2.24) is 4.90 Å². The van der Waals surface area contributed by atoms with Crippen molar-refractivity contribution in [1.29, 1.82) is 0 Å². The fourth-order valence-corrected chi connectivity index (χ4v) is 8.18. The molecule has 1 heterocycles. The van der Waals surface area contributed by atoms with Gasteiger partial charge in [-0.2, -0.15) is 0 Å². The molecule has 1 aliphatic carbocycles. The summed E-state index contributed by atoms with van der Waals surface area (Å²) >= 11 is 0. The van der Waals surface area contributed by atoms with Crippen LogP contribution < -0.4 is 0 Å². The number of unbranched alkanes of at least 4 members (excludes halogenated alkanes) is 18. The van der Waals surface area contributed by atoms with E-state index >= 15 is 0 Å². The minimum absolute atomic E-state index is 0.0542. The number of fused-ring (bicyclic) bond motifs is 1. The van der Waals surface area contributed by atoms with Crippen molar-refractivity contribution in [3.8, 4) is 0 Å². The lowest BCUT2D eigenvalue weighted by atomic mass is 9.98. The van der Waals surface area contributed by atoms with E-state index in [2.05, 4.69) is 62.5 Å². The van der Waals surface area contributed by atoms with Crippen LogP contribution in [-0.2, 0) is 20.8 Å². The van der Waals surface area contributed by atoms with E-state index in [4.69, 9.17) is 14.2 Å². The molecule has 1 amide bonds. The molecule has 0 unspecified atom stereocenters. The second-order valence-electron chi connectivity index (χ2n) is 16.7. The average Bonchev–Trinajstić information content (AvgIpc) is 3.76. The Morgan fingerprint density at radius 3 is 1.46 bits per heavy atom. The first kappa shape index (κ1) is 47.7. The molecule has 316 valence electrons. The van der Waals surface area contributed by atoms with Crippen LogP contribution in [-0.4, -0.2) is 42.1 Å². The highest BCUT2D eigenvalue weighted by Gasteiger charge is 2.52. The van der Waals surface area contributed by atoms with E-state index in [0.717, 1.165) is 56.9 Å². The number of hydrogen-bond donors (Lipinski definition) is 0. The van der Waals surface area contributed by atoms with E-state index in [1.807, 2.05) is 37.4 Å². The number of carbonyl (C=O) groups excluding carboxylic acids is 1. The molecule has 2 aliphatic rings. The van der Waals surface area contributed by atoms with Crippen molar-refractivity contribution in [2.75, 3.05) is 7.05 Å². The molecule has 5 heteroatoms. The molecule has 1 aromatic rings. The zero-order valence-corrected chi connectivity index (χ0v) is 36.3. The van der Waals surface area contributed by atoms with Gasteiger partial charge in [-0.1, -0.05) is 170 Å². The SMILES string of the molecule is CCCCC/C=C\C/C=C\CCCCCCCCC1(CCCCCCCC/C=C\C/C=C\CCCCC)O[C@H]2C[C@@H](N(C)C(=O)OCc3ccccc3)C[C@H]2O1. The van der Waals surface area contributed by atoms with Crippen LogP contribution in [0.4, 0.5) is 4.79 Å². The topological polar surface area (TPSA) is 48.0 Å². The minimum Gasteiger partial charge on any atom is -0.445 e. The smallest absolute Gasteiger partial charge is 0.410 e. The van der Waals surface area contributed by atoms with Crippen molar-refractivity contribution in [2.45, 2.75) is 224 Å². The maximum atomic E-state index is 12.9. The van der Waals surface area contributed by atoms with Crippen LogP contribution in [0.15, 0.2) is 78.9 Å². The van der Waals surface area contributed by atoms with Gasteiger partial charge in [-0.25, -0.2) is 4.79 Å². The van der Waals surface area contributed by atoms with Crippen LogP contribution in [0.1, 0.15) is 199 Å². The van der Waals surface area contributed by atoms with Crippen molar-refractivity contribution >= 4 is 6.09 Å². The van der Waals surface area contributed by atoms with Gasteiger partial charge in [0.1, 0.15) is 6.61 Å². The number of benzene rings is 1. The molecular formula is C51H83NO4. The highest BCUT2D eigenvalue weighted by molar-refractivity contribution is 5.67. The standard InChI is InChI=1S/C51H83NO4/c1-4-6-8-10-12-14-16-18-20-22-24-26-28-30-32-37-41-51(42-38-33-31-29-27-25-23-21-19-17-15-13-11-9-7-5-2)55-48-43-47(44-49(48)56-51)52(3)50(53)54-45-46-39-35-34-36-40-46/h12-15,18-21,34-36,39-40,47-49H,4-11,16-17,22-33,37-38,41-45H2,1-3H3/b14-12-,15-13-,20-18-,21-19-/t47-,48+,49-. The fraction of sp³-hybridized carbons (Fsp3) is 0.706. The zero-order valence-electron chi connectivity index (χ0n) is 36.3. The van der Waals surface area contributed by atoms with Gasteiger partial charge in [-0.3, -0.25) is 0 Å². The first-order chi connectivity index (χ1) is 27.6. The largest absolute Gasteiger partial charge is 0.445 e. The van der Waals surface area contributed by atoms with E-state index in [1.54, 1.807) is 4.90 Å². The van der Waals surface area contributed by atoms with Crippen molar-refractivity contribution in [3.05, 3.63) is 84.5 Å². The zero-order chi connectivity index (χ0) is 39.8. The molecule has 0 N–H and O–H groups in total. The number of carbonyl (C=O) groups is 1. The Hall–Kier alpha value is -2.63. The molecule has 1 saturated heterocycles. The van der Waals surface area contributed by atoms with E-state index in [1.165, 1.54) is 128 Å².